The van der Waals surface area contributed by atoms with Crippen LogP contribution in [-0.2, 0) is 10.0 Å². The molecule has 0 aliphatic heterocycles. The molecule has 0 aliphatic carbocycles. The number of alkyl halides is 2. The summed E-state index contributed by atoms with van der Waals surface area (Å²) in [4.78, 5) is 2.60. The molecule has 0 fully saturated rings. The van der Waals surface area contributed by atoms with Gasteiger partial charge in [0, 0.05) is 0 Å². The van der Waals surface area contributed by atoms with E-state index in [1.807, 2.05) is 0 Å². The monoisotopic (exact) mass is 244 g/mol. The lowest BCUT2D eigenvalue weighted by Crippen LogP contribution is -2.16. The van der Waals surface area contributed by atoms with Gasteiger partial charge in [0.15, 0.2) is 10.8 Å². The molecule has 0 aliphatic rings. The number of pyridine rings is 1. The molecule has 0 unspecified atom stereocenters. The molecule has 0 radical (unpaired) electrons. The van der Waals surface area contributed by atoms with Crippen LogP contribution in [0.25, 0.3) is 0 Å². The third-order valence-electron chi connectivity index (χ3n) is 1.45. The Balaban J connectivity index is 3.50. The number of halogens is 4. The van der Waals surface area contributed by atoms with E-state index in [0.717, 1.165) is 0 Å². The molecule has 0 saturated carbocycles. The van der Waals surface area contributed by atoms with Crippen LogP contribution in [0.1, 0.15) is 12.0 Å². The van der Waals surface area contributed by atoms with Crippen LogP contribution in [0, 0.1) is 11.8 Å². The normalized spacial score (nSPS) is 12.1. The van der Waals surface area contributed by atoms with Crippen molar-refractivity contribution in [2.45, 2.75) is 11.5 Å². The Morgan fingerprint density at radius 1 is 1.33 bits per heavy atom. The van der Waals surface area contributed by atoms with Crippen molar-refractivity contribution in [3.8, 4) is 0 Å². The minimum absolute atomic E-state index is 0.193. The number of rotatable bonds is 2. The van der Waals surface area contributed by atoms with Crippen molar-refractivity contribution in [1.82, 2.24) is 4.98 Å². The van der Waals surface area contributed by atoms with Crippen LogP contribution in [0.2, 0.25) is 0 Å². The molecule has 9 heteroatoms. The number of nitrogens with zero attached hydrogens (tertiary/aromatic N) is 1. The first kappa shape index (κ1) is 11.9. The van der Waals surface area contributed by atoms with Gasteiger partial charge >= 0.3 is 0 Å². The third kappa shape index (κ3) is 2.42. The summed E-state index contributed by atoms with van der Waals surface area (Å²) in [6.45, 7) is 0. The maximum atomic E-state index is 12.7. The SMILES string of the molecule is NS(=O)(=O)c1cc(C(F)F)c(F)c(F)n1. The van der Waals surface area contributed by atoms with Gasteiger partial charge in [0.1, 0.15) is 0 Å². The van der Waals surface area contributed by atoms with E-state index in [4.69, 9.17) is 0 Å². The van der Waals surface area contributed by atoms with Crippen molar-refractivity contribution < 1.29 is 26.0 Å². The molecule has 15 heavy (non-hydrogen) atoms. The van der Waals surface area contributed by atoms with Crippen LogP contribution in [0.3, 0.4) is 0 Å². The molecule has 0 bridgehead atoms. The Labute approximate surface area is 81.8 Å². The molecule has 84 valence electrons. The highest BCUT2D eigenvalue weighted by molar-refractivity contribution is 7.89. The summed E-state index contributed by atoms with van der Waals surface area (Å²) in [5.41, 5.74) is -1.40. The summed E-state index contributed by atoms with van der Waals surface area (Å²) in [5, 5.41) is 3.38. The topological polar surface area (TPSA) is 73.1 Å². The van der Waals surface area contributed by atoms with Crippen LogP contribution in [0.15, 0.2) is 11.1 Å². The summed E-state index contributed by atoms with van der Waals surface area (Å²) in [7, 11) is -4.45. The van der Waals surface area contributed by atoms with E-state index in [1.54, 1.807) is 0 Å². The molecular formula is C6H4F4N2O2S. The van der Waals surface area contributed by atoms with Gasteiger partial charge in [-0.05, 0) is 6.07 Å². The highest BCUT2D eigenvalue weighted by atomic mass is 32.2. The summed E-state index contributed by atoms with van der Waals surface area (Å²) < 4.78 is 70.8. The Bertz CT molecular complexity index is 488. The van der Waals surface area contributed by atoms with Crippen LogP contribution in [0.5, 0.6) is 0 Å². The molecule has 2 N–H and O–H groups in total. The van der Waals surface area contributed by atoms with E-state index in [2.05, 4.69) is 10.1 Å². The summed E-state index contributed by atoms with van der Waals surface area (Å²) in [5.74, 6) is -3.82. The fraction of sp³-hybridized carbons (Fsp3) is 0.167. The lowest BCUT2D eigenvalue weighted by atomic mass is 10.2. The number of sulfonamides is 1. The number of nitrogens with two attached hydrogens (primary N) is 1. The molecule has 1 rings (SSSR count). The van der Waals surface area contributed by atoms with E-state index < -0.39 is 38.8 Å². The van der Waals surface area contributed by atoms with Crippen molar-refractivity contribution in [2.24, 2.45) is 5.14 Å². The molecule has 0 saturated heterocycles. The minimum Gasteiger partial charge on any atom is -0.223 e. The molecule has 0 spiro atoms. The van der Waals surface area contributed by atoms with Crippen LogP contribution < -0.4 is 5.14 Å². The summed E-state index contributed by atoms with van der Waals surface area (Å²) >= 11 is 0. The van der Waals surface area contributed by atoms with Crippen molar-refractivity contribution >= 4 is 10.0 Å². The minimum atomic E-state index is -4.45. The second-order valence-corrected chi connectivity index (χ2v) is 4.01. The molecule has 1 aromatic heterocycles. The lowest BCUT2D eigenvalue weighted by Gasteiger charge is -2.04. The maximum absolute atomic E-state index is 12.7. The smallest absolute Gasteiger partial charge is 0.223 e. The first-order valence-corrected chi connectivity index (χ1v) is 4.95. The molecule has 0 aromatic carbocycles. The van der Waals surface area contributed by atoms with E-state index >= 15 is 0 Å². The number of aromatic nitrogens is 1. The fourth-order valence-electron chi connectivity index (χ4n) is 0.798. The molecule has 0 amide bonds. The van der Waals surface area contributed by atoms with Gasteiger partial charge in [-0.2, -0.15) is 4.39 Å². The lowest BCUT2D eigenvalue weighted by molar-refractivity contribution is 0.144. The van der Waals surface area contributed by atoms with Gasteiger partial charge in [-0.15, -0.1) is 0 Å². The van der Waals surface area contributed by atoms with E-state index in [-0.39, 0.29) is 6.07 Å². The molecule has 1 heterocycles. The number of primary sulfonamides is 1. The predicted molar refractivity (Wildman–Crippen MR) is 40.5 cm³/mol. The predicted octanol–water partition coefficient (Wildman–Crippen LogP) is 0.945. The third-order valence-corrected chi connectivity index (χ3v) is 2.24. The summed E-state index contributed by atoms with van der Waals surface area (Å²) in [6.07, 6.45) is -3.36. The molecular weight excluding hydrogens is 240 g/mol. The maximum Gasteiger partial charge on any atom is 0.266 e. The van der Waals surface area contributed by atoms with Gasteiger partial charge < -0.3 is 0 Å². The van der Waals surface area contributed by atoms with Crippen molar-refractivity contribution in [1.29, 1.82) is 0 Å². The highest BCUT2D eigenvalue weighted by Gasteiger charge is 2.23. The van der Waals surface area contributed by atoms with Crippen molar-refractivity contribution in [3.05, 3.63) is 23.4 Å². The zero-order valence-corrected chi connectivity index (χ0v) is 7.73. The van der Waals surface area contributed by atoms with Crippen LogP contribution >= 0.6 is 0 Å². The van der Waals surface area contributed by atoms with Gasteiger partial charge in [0.25, 0.3) is 22.4 Å². The standard InChI is InChI=1S/C6H4F4N2O2S/c7-4-2(5(8)9)1-3(12-6(4)10)15(11,13)14/h1,5H,(H2,11,13,14). The first-order valence-electron chi connectivity index (χ1n) is 3.40. The molecule has 4 nitrogen and oxygen atoms in total. The number of hydrogen-bond acceptors (Lipinski definition) is 3. The second kappa shape index (κ2) is 3.74. The average molecular weight is 244 g/mol. The van der Waals surface area contributed by atoms with Crippen molar-refractivity contribution in [3.63, 3.8) is 0 Å². The second-order valence-electron chi connectivity index (χ2n) is 2.50. The van der Waals surface area contributed by atoms with E-state index in [9.17, 15) is 26.0 Å². The fourth-order valence-corrected chi connectivity index (χ4v) is 1.30. The van der Waals surface area contributed by atoms with Gasteiger partial charge in [-0.3, -0.25) is 0 Å². The Kier molecular flexibility index (Phi) is 2.95. The molecule has 1 aromatic rings. The Morgan fingerprint density at radius 3 is 2.27 bits per heavy atom. The quantitative estimate of drug-likeness (QED) is 0.621. The van der Waals surface area contributed by atoms with Gasteiger partial charge in [0.05, 0.1) is 5.56 Å². The Hall–Kier alpha value is -1.22. The summed E-state index contributed by atoms with van der Waals surface area (Å²) in [6, 6.07) is 0.193. The van der Waals surface area contributed by atoms with E-state index in [1.165, 1.54) is 0 Å². The molecule has 0 atom stereocenters. The van der Waals surface area contributed by atoms with Gasteiger partial charge in [-0.1, -0.05) is 0 Å². The largest absolute Gasteiger partial charge is 0.266 e. The Morgan fingerprint density at radius 2 is 1.87 bits per heavy atom. The van der Waals surface area contributed by atoms with Gasteiger partial charge in [0.2, 0.25) is 0 Å². The average Bonchev–Trinajstić information content (AvgIpc) is 2.06. The number of hydrogen-bond donors (Lipinski definition) is 1. The van der Waals surface area contributed by atoms with Crippen molar-refractivity contribution in [2.75, 3.05) is 0 Å². The highest BCUT2D eigenvalue weighted by Crippen LogP contribution is 2.24. The zero-order valence-electron chi connectivity index (χ0n) is 6.92. The van der Waals surface area contributed by atoms with E-state index in [0.29, 0.717) is 0 Å². The van der Waals surface area contributed by atoms with Gasteiger partial charge in [-0.25, -0.2) is 31.7 Å². The van der Waals surface area contributed by atoms with Crippen LogP contribution in [0.4, 0.5) is 17.6 Å². The van der Waals surface area contributed by atoms with Crippen LogP contribution in [-0.4, -0.2) is 13.4 Å². The zero-order chi connectivity index (χ0) is 11.8. The first-order chi connectivity index (χ1) is 6.73.